The van der Waals surface area contributed by atoms with E-state index in [4.69, 9.17) is 28.6 Å². The van der Waals surface area contributed by atoms with Crippen molar-refractivity contribution in [3.63, 3.8) is 0 Å². The molecule has 1 heterocycles. The van der Waals surface area contributed by atoms with E-state index in [9.17, 15) is 4.79 Å². The van der Waals surface area contributed by atoms with Gasteiger partial charge in [-0.15, -0.1) is 0 Å². The molecule has 2 N–H and O–H groups in total. The maximum Gasteiger partial charge on any atom is 0.339 e. The Morgan fingerprint density at radius 2 is 2.03 bits per heavy atom. The van der Waals surface area contributed by atoms with Crippen molar-refractivity contribution in [3.05, 3.63) is 58.6 Å². The van der Waals surface area contributed by atoms with Crippen molar-refractivity contribution in [1.29, 1.82) is 0 Å². The molecule has 1 aliphatic rings. The van der Waals surface area contributed by atoms with Crippen LogP contribution in [0.15, 0.2) is 42.5 Å². The van der Waals surface area contributed by atoms with E-state index in [-0.39, 0.29) is 6.04 Å². The molecule has 0 radical (unpaired) electrons. The largest absolute Gasteiger partial charge is 0.462 e. The summed E-state index contributed by atoms with van der Waals surface area (Å²) in [6.07, 6.45) is 2.57. The quantitative estimate of drug-likeness (QED) is 0.420. The van der Waals surface area contributed by atoms with Gasteiger partial charge in [-0.05, 0) is 80.7 Å². The first kappa shape index (κ1) is 23.4. The number of benzene rings is 2. The zero-order valence-corrected chi connectivity index (χ0v) is 19.9. The molecule has 2 aromatic carbocycles. The number of ether oxygens (including phenoxy) is 1. The normalized spacial score (nSPS) is 17.0. The van der Waals surface area contributed by atoms with Crippen molar-refractivity contribution in [2.45, 2.75) is 39.7 Å². The first-order valence-corrected chi connectivity index (χ1v) is 11.5. The van der Waals surface area contributed by atoms with Crippen molar-refractivity contribution < 1.29 is 9.53 Å². The fraction of sp³-hybridized carbons (Fsp3) is 0.417. The second-order valence-corrected chi connectivity index (χ2v) is 8.84. The van der Waals surface area contributed by atoms with Crippen LogP contribution in [0, 0.1) is 5.92 Å². The topological polar surface area (TPSA) is 53.6 Å². The number of carbonyl (C=O) groups excluding carboxylic acids is 1. The highest BCUT2D eigenvalue weighted by Crippen LogP contribution is 2.25. The van der Waals surface area contributed by atoms with Gasteiger partial charge < -0.3 is 20.3 Å². The molecule has 3 rings (SSSR count). The van der Waals surface area contributed by atoms with E-state index in [0.29, 0.717) is 28.0 Å². The van der Waals surface area contributed by atoms with Crippen LogP contribution in [0.1, 0.15) is 55.6 Å². The highest BCUT2D eigenvalue weighted by atomic mass is 35.5. The number of nitrogens with one attached hydrogen (secondary N) is 2. The molecule has 31 heavy (non-hydrogen) atoms. The molecular formula is C24H30ClN3O2S. The lowest BCUT2D eigenvalue weighted by atomic mass is 9.99. The van der Waals surface area contributed by atoms with Gasteiger partial charge in [0.25, 0.3) is 0 Å². The van der Waals surface area contributed by atoms with Crippen molar-refractivity contribution in [2.24, 2.45) is 5.92 Å². The highest BCUT2D eigenvalue weighted by Gasteiger charge is 2.17. The van der Waals surface area contributed by atoms with Crippen LogP contribution in [-0.2, 0) is 4.74 Å². The summed E-state index contributed by atoms with van der Waals surface area (Å²) in [7, 11) is 0. The molecule has 0 amide bonds. The highest BCUT2D eigenvalue weighted by molar-refractivity contribution is 7.80. The van der Waals surface area contributed by atoms with E-state index in [2.05, 4.69) is 53.6 Å². The second kappa shape index (κ2) is 10.8. The Bertz CT molecular complexity index is 920. The maximum absolute atomic E-state index is 12.0. The molecule has 2 atom stereocenters. The summed E-state index contributed by atoms with van der Waals surface area (Å²) >= 11 is 11.6. The molecular weight excluding hydrogens is 430 g/mol. The van der Waals surface area contributed by atoms with Crippen LogP contribution in [-0.4, -0.2) is 30.8 Å². The van der Waals surface area contributed by atoms with Crippen LogP contribution in [0.2, 0.25) is 5.02 Å². The van der Waals surface area contributed by atoms with Gasteiger partial charge in [-0.25, -0.2) is 4.79 Å². The van der Waals surface area contributed by atoms with E-state index < -0.39 is 5.97 Å². The van der Waals surface area contributed by atoms with E-state index in [0.717, 1.165) is 24.6 Å². The number of hydrogen-bond acceptors (Lipinski definition) is 4. The summed E-state index contributed by atoms with van der Waals surface area (Å²) < 4.78 is 5.05. The minimum absolute atomic E-state index is 0.0335. The van der Waals surface area contributed by atoms with E-state index in [1.807, 2.05) is 0 Å². The average Bonchev–Trinajstić information content (AvgIpc) is 2.75. The maximum atomic E-state index is 12.0. The number of hydrogen-bond donors (Lipinski definition) is 2. The lowest BCUT2D eigenvalue weighted by Gasteiger charge is -2.33. The number of nitrogens with zero attached hydrogens (tertiary/aromatic N) is 1. The third kappa shape index (κ3) is 6.34. The van der Waals surface area contributed by atoms with Gasteiger partial charge in [-0.3, -0.25) is 0 Å². The Kier molecular flexibility index (Phi) is 8.15. The third-order valence-electron chi connectivity index (χ3n) is 5.48. The lowest BCUT2D eigenvalue weighted by molar-refractivity contribution is 0.0526. The number of halogens is 1. The fourth-order valence-electron chi connectivity index (χ4n) is 3.81. The van der Waals surface area contributed by atoms with E-state index in [1.54, 1.807) is 25.1 Å². The zero-order valence-electron chi connectivity index (χ0n) is 18.3. The van der Waals surface area contributed by atoms with Gasteiger partial charge in [-0.2, -0.15) is 0 Å². The molecule has 1 fully saturated rings. The predicted molar refractivity (Wildman–Crippen MR) is 132 cm³/mol. The minimum Gasteiger partial charge on any atom is -0.462 e. The first-order valence-electron chi connectivity index (χ1n) is 10.8. The molecule has 0 unspecified atom stereocenters. The number of piperidine rings is 1. The number of thiocarbonyl (C=S) groups is 1. The molecule has 7 heteroatoms. The van der Waals surface area contributed by atoms with Gasteiger partial charge >= 0.3 is 5.97 Å². The van der Waals surface area contributed by atoms with Crippen LogP contribution in [0.3, 0.4) is 0 Å². The molecule has 5 nitrogen and oxygen atoms in total. The first-order chi connectivity index (χ1) is 14.9. The minimum atomic E-state index is -0.452. The van der Waals surface area contributed by atoms with Crippen molar-refractivity contribution >= 4 is 46.3 Å². The van der Waals surface area contributed by atoms with Crippen molar-refractivity contribution in [3.8, 4) is 0 Å². The van der Waals surface area contributed by atoms with Crippen molar-refractivity contribution in [2.75, 3.05) is 29.9 Å². The Morgan fingerprint density at radius 3 is 2.71 bits per heavy atom. The Hall–Kier alpha value is -2.31. The SMILES string of the molecule is CCOC(=O)c1cc(NC(=S)N[C@H](C)c2ccc(N3CCC[C@@H](C)C3)cc2)ccc1Cl. The molecule has 1 aliphatic heterocycles. The average molecular weight is 460 g/mol. The Morgan fingerprint density at radius 1 is 1.29 bits per heavy atom. The Labute approximate surface area is 195 Å². The second-order valence-electron chi connectivity index (χ2n) is 8.02. The summed E-state index contributed by atoms with van der Waals surface area (Å²) in [5.41, 5.74) is 3.41. The van der Waals surface area contributed by atoms with Gasteiger partial charge in [0.2, 0.25) is 0 Å². The van der Waals surface area contributed by atoms with Crippen LogP contribution >= 0.6 is 23.8 Å². The molecule has 166 valence electrons. The van der Waals surface area contributed by atoms with E-state index >= 15 is 0 Å². The Balaban J connectivity index is 1.59. The summed E-state index contributed by atoms with van der Waals surface area (Å²) in [5.74, 6) is 0.293. The van der Waals surface area contributed by atoms with E-state index in [1.165, 1.54) is 18.5 Å². The monoisotopic (exact) mass is 459 g/mol. The van der Waals surface area contributed by atoms with Crippen LogP contribution < -0.4 is 15.5 Å². The van der Waals surface area contributed by atoms with Gasteiger partial charge in [0, 0.05) is 24.5 Å². The molecule has 0 aromatic heterocycles. The lowest BCUT2D eigenvalue weighted by Crippen LogP contribution is -2.34. The van der Waals surface area contributed by atoms with Gasteiger partial charge in [0.15, 0.2) is 5.11 Å². The van der Waals surface area contributed by atoms with Crippen molar-refractivity contribution in [1.82, 2.24) is 5.32 Å². The number of anilines is 2. The fourth-order valence-corrected chi connectivity index (χ4v) is 4.30. The number of carbonyl (C=O) groups is 1. The van der Waals surface area contributed by atoms with Gasteiger partial charge in [0.05, 0.1) is 23.2 Å². The number of esters is 1. The molecule has 0 saturated carbocycles. The van der Waals surface area contributed by atoms with Gasteiger partial charge in [-0.1, -0.05) is 30.7 Å². The van der Waals surface area contributed by atoms with Crippen LogP contribution in [0.25, 0.3) is 0 Å². The molecule has 1 saturated heterocycles. The summed E-state index contributed by atoms with van der Waals surface area (Å²) in [6.45, 7) is 8.68. The third-order valence-corrected chi connectivity index (χ3v) is 6.03. The molecule has 0 bridgehead atoms. The zero-order chi connectivity index (χ0) is 22.4. The summed E-state index contributed by atoms with van der Waals surface area (Å²) in [4.78, 5) is 14.5. The summed E-state index contributed by atoms with van der Waals surface area (Å²) in [6, 6.07) is 13.8. The van der Waals surface area contributed by atoms with Crippen LogP contribution in [0.5, 0.6) is 0 Å². The molecule has 0 spiro atoms. The van der Waals surface area contributed by atoms with Crippen LogP contribution in [0.4, 0.5) is 11.4 Å². The standard InChI is InChI=1S/C24H30ClN3O2S/c1-4-30-23(29)21-14-19(9-12-22(21)25)27-24(31)26-17(3)18-7-10-20(11-8-18)28-13-5-6-16(2)15-28/h7-12,14,16-17H,4-6,13,15H2,1-3H3,(H2,26,27,31)/t16-,17-/m1/s1. The predicted octanol–water partition coefficient (Wildman–Crippen LogP) is 5.80. The molecule has 2 aromatic rings. The number of rotatable bonds is 6. The smallest absolute Gasteiger partial charge is 0.339 e. The summed E-state index contributed by atoms with van der Waals surface area (Å²) in [5, 5.41) is 7.24. The van der Waals surface area contributed by atoms with Gasteiger partial charge in [0.1, 0.15) is 0 Å². The molecule has 0 aliphatic carbocycles.